The second-order valence-electron chi connectivity index (χ2n) is 5.86. The number of nitrogens with zero attached hydrogens (tertiary/aromatic N) is 2. The van der Waals surface area contributed by atoms with E-state index >= 15 is 0 Å². The number of allylic oxidation sites excluding steroid dienone is 1. The number of esters is 1. The number of carbonyl (C=O) groups is 2. The van der Waals surface area contributed by atoms with E-state index in [4.69, 9.17) is 4.74 Å². The van der Waals surface area contributed by atoms with E-state index in [9.17, 15) is 14.4 Å². The highest BCUT2D eigenvalue weighted by atomic mass is 16.5. The minimum absolute atomic E-state index is 0.138. The Labute approximate surface area is 149 Å². The minimum atomic E-state index is -0.479. The van der Waals surface area contributed by atoms with Gasteiger partial charge in [-0.2, -0.15) is 5.10 Å². The molecule has 8 heteroatoms. The molecule has 8 nitrogen and oxygen atoms in total. The van der Waals surface area contributed by atoms with Gasteiger partial charge in [-0.15, -0.1) is 0 Å². The van der Waals surface area contributed by atoms with Crippen molar-refractivity contribution in [2.75, 3.05) is 6.61 Å². The lowest BCUT2D eigenvalue weighted by molar-refractivity contribution is -0.139. The van der Waals surface area contributed by atoms with Gasteiger partial charge >= 0.3 is 12.0 Å². The summed E-state index contributed by atoms with van der Waals surface area (Å²) in [7, 11) is 0. The van der Waals surface area contributed by atoms with Crippen LogP contribution in [0.1, 0.15) is 20.3 Å². The zero-order valence-electron chi connectivity index (χ0n) is 14.6. The Bertz CT molecular complexity index is 948. The van der Waals surface area contributed by atoms with Gasteiger partial charge in [-0.25, -0.2) is 9.59 Å². The van der Waals surface area contributed by atoms with E-state index in [2.05, 4.69) is 15.7 Å². The SMILES string of the molecule is CCOC(=O)C1=C(Cn2ncc(=O)c3ccccc32)NC(=O)NC1CC. The third kappa shape index (κ3) is 3.30. The number of nitrogens with one attached hydrogen (secondary N) is 2. The van der Waals surface area contributed by atoms with Gasteiger partial charge in [0.25, 0.3) is 0 Å². The predicted molar refractivity (Wildman–Crippen MR) is 95.4 cm³/mol. The number of ether oxygens (including phenoxy) is 1. The maximum Gasteiger partial charge on any atom is 0.337 e. The van der Waals surface area contributed by atoms with Crippen LogP contribution in [0.4, 0.5) is 4.79 Å². The Kier molecular flexibility index (Phi) is 5.01. The lowest BCUT2D eigenvalue weighted by Gasteiger charge is -2.28. The molecule has 2 N–H and O–H groups in total. The van der Waals surface area contributed by atoms with E-state index in [-0.39, 0.29) is 24.6 Å². The highest BCUT2D eigenvalue weighted by Gasteiger charge is 2.31. The van der Waals surface area contributed by atoms with Gasteiger partial charge in [0, 0.05) is 5.39 Å². The number of fused-ring (bicyclic) bond motifs is 1. The molecule has 0 bridgehead atoms. The summed E-state index contributed by atoms with van der Waals surface area (Å²) in [6.45, 7) is 3.98. The number of amides is 2. The number of benzene rings is 1. The summed E-state index contributed by atoms with van der Waals surface area (Å²) in [6.07, 6.45) is 1.77. The lowest BCUT2D eigenvalue weighted by Crippen LogP contribution is -2.51. The zero-order valence-corrected chi connectivity index (χ0v) is 14.6. The third-order valence-corrected chi connectivity index (χ3v) is 4.22. The molecule has 1 aromatic heterocycles. The van der Waals surface area contributed by atoms with Crippen LogP contribution in [0.25, 0.3) is 10.9 Å². The van der Waals surface area contributed by atoms with Crippen LogP contribution in [-0.4, -0.2) is 34.4 Å². The van der Waals surface area contributed by atoms with Gasteiger partial charge in [-0.3, -0.25) is 9.48 Å². The molecule has 0 aliphatic carbocycles. The van der Waals surface area contributed by atoms with Crippen LogP contribution in [0.15, 0.2) is 46.5 Å². The lowest BCUT2D eigenvalue weighted by atomic mass is 10.00. The topological polar surface area (TPSA) is 102 Å². The van der Waals surface area contributed by atoms with Crippen LogP contribution in [-0.2, 0) is 16.1 Å². The quantitative estimate of drug-likeness (QED) is 0.787. The van der Waals surface area contributed by atoms with Crippen molar-refractivity contribution in [1.82, 2.24) is 20.4 Å². The number of aromatic nitrogens is 2. The van der Waals surface area contributed by atoms with Gasteiger partial charge in [0.1, 0.15) is 0 Å². The molecule has 1 unspecified atom stereocenters. The number of hydrogen-bond acceptors (Lipinski definition) is 5. The van der Waals surface area contributed by atoms with Gasteiger partial charge in [0.05, 0.1) is 42.2 Å². The Morgan fingerprint density at radius 2 is 2.04 bits per heavy atom. The summed E-state index contributed by atoms with van der Waals surface area (Å²) in [6, 6.07) is 6.24. The Hall–Kier alpha value is -3.16. The highest BCUT2D eigenvalue weighted by molar-refractivity contribution is 5.94. The average Bonchev–Trinajstić information content (AvgIpc) is 2.64. The summed E-state index contributed by atoms with van der Waals surface area (Å²) < 4.78 is 6.74. The molecule has 0 saturated heterocycles. The fourth-order valence-corrected chi connectivity index (χ4v) is 3.02. The van der Waals surface area contributed by atoms with Crippen LogP contribution in [0.2, 0.25) is 0 Å². The molecule has 0 saturated carbocycles. The van der Waals surface area contributed by atoms with Crippen LogP contribution >= 0.6 is 0 Å². The number of urea groups is 1. The molecule has 3 rings (SSSR count). The van der Waals surface area contributed by atoms with Gasteiger partial charge in [0.15, 0.2) is 0 Å². The fraction of sp³-hybridized carbons (Fsp3) is 0.333. The van der Waals surface area contributed by atoms with E-state index in [1.165, 1.54) is 6.20 Å². The number of hydrogen-bond donors (Lipinski definition) is 2. The van der Waals surface area contributed by atoms with E-state index < -0.39 is 12.0 Å². The van der Waals surface area contributed by atoms with Crippen molar-refractivity contribution in [3.63, 3.8) is 0 Å². The van der Waals surface area contributed by atoms with Crippen molar-refractivity contribution in [3.8, 4) is 0 Å². The standard InChI is InChI=1S/C18H20N4O4/c1-3-12-16(17(24)26-4-2)13(21-18(25)20-12)10-22-14-8-6-5-7-11(14)15(23)9-19-22/h5-9,12H,3-4,10H2,1-2H3,(H2,20,21,25). The van der Waals surface area contributed by atoms with Gasteiger partial charge in [-0.05, 0) is 25.5 Å². The first-order valence-corrected chi connectivity index (χ1v) is 8.47. The molecule has 0 spiro atoms. The van der Waals surface area contributed by atoms with Gasteiger partial charge < -0.3 is 15.4 Å². The molecule has 136 valence electrons. The van der Waals surface area contributed by atoms with E-state index in [1.54, 1.807) is 35.9 Å². The monoisotopic (exact) mass is 356 g/mol. The molecule has 0 fully saturated rings. The van der Waals surface area contributed by atoms with Crippen molar-refractivity contribution in [2.24, 2.45) is 0 Å². The molecule has 1 aromatic carbocycles. The summed E-state index contributed by atoms with van der Waals surface area (Å²) in [5.74, 6) is -0.479. The summed E-state index contributed by atoms with van der Waals surface area (Å²) >= 11 is 0. The van der Waals surface area contributed by atoms with E-state index in [1.807, 2.05) is 6.92 Å². The second-order valence-corrected chi connectivity index (χ2v) is 5.86. The molecule has 26 heavy (non-hydrogen) atoms. The smallest absolute Gasteiger partial charge is 0.337 e. The first-order chi connectivity index (χ1) is 12.5. The first kappa shape index (κ1) is 17.7. The predicted octanol–water partition coefficient (Wildman–Crippen LogP) is 1.31. The third-order valence-electron chi connectivity index (χ3n) is 4.22. The number of carbonyl (C=O) groups excluding carboxylic acids is 2. The van der Waals surface area contributed by atoms with Gasteiger partial charge in [0.2, 0.25) is 5.43 Å². The van der Waals surface area contributed by atoms with Crippen molar-refractivity contribution in [2.45, 2.75) is 32.9 Å². The fourth-order valence-electron chi connectivity index (χ4n) is 3.02. The summed E-state index contributed by atoms with van der Waals surface area (Å²) in [4.78, 5) is 36.4. The largest absolute Gasteiger partial charge is 0.463 e. The van der Waals surface area contributed by atoms with Crippen molar-refractivity contribution in [3.05, 3.63) is 52.0 Å². The van der Waals surface area contributed by atoms with E-state index in [0.29, 0.717) is 28.6 Å². The zero-order chi connectivity index (χ0) is 18.7. The van der Waals surface area contributed by atoms with Gasteiger partial charge in [-0.1, -0.05) is 19.1 Å². The molecular formula is C18H20N4O4. The molecule has 2 heterocycles. The summed E-state index contributed by atoms with van der Waals surface area (Å²) in [5.41, 5.74) is 1.23. The van der Waals surface area contributed by atoms with E-state index in [0.717, 1.165) is 0 Å². The maximum atomic E-state index is 12.4. The van der Waals surface area contributed by atoms with Crippen LogP contribution in [0.5, 0.6) is 0 Å². The van der Waals surface area contributed by atoms with Crippen LogP contribution in [0, 0.1) is 0 Å². The molecule has 1 aliphatic rings. The van der Waals surface area contributed by atoms with Crippen LogP contribution in [0.3, 0.4) is 0 Å². The van der Waals surface area contributed by atoms with Crippen LogP contribution < -0.4 is 16.1 Å². The maximum absolute atomic E-state index is 12.4. The highest BCUT2D eigenvalue weighted by Crippen LogP contribution is 2.19. The number of para-hydroxylation sites is 1. The van der Waals surface area contributed by atoms with Crippen molar-refractivity contribution in [1.29, 1.82) is 0 Å². The normalized spacial score (nSPS) is 17.0. The molecule has 2 aromatic rings. The molecule has 0 radical (unpaired) electrons. The summed E-state index contributed by atoms with van der Waals surface area (Å²) in [5, 5.41) is 10.1. The molecule has 1 aliphatic heterocycles. The second kappa shape index (κ2) is 7.38. The Balaban J connectivity index is 2.10. The Morgan fingerprint density at radius 3 is 2.77 bits per heavy atom. The average molecular weight is 356 g/mol. The molecular weight excluding hydrogens is 336 g/mol. The van der Waals surface area contributed by atoms with Crippen molar-refractivity contribution < 1.29 is 14.3 Å². The number of rotatable bonds is 5. The minimum Gasteiger partial charge on any atom is -0.463 e. The molecule has 1 atom stereocenters. The van der Waals surface area contributed by atoms with Crippen molar-refractivity contribution >= 4 is 22.9 Å². The Morgan fingerprint density at radius 1 is 1.27 bits per heavy atom. The molecule has 2 amide bonds. The first-order valence-electron chi connectivity index (χ1n) is 8.47.